The lowest BCUT2D eigenvalue weighted by Crippen LogP contribution is -2.42. The summed E-state index contributed by atoms with van der Waals surface area (Å²) in [6, 6.07) is 6.59. The third-order valence-electron chi connectivity index (χ3n) is 6.24. The molecule has 1 amide bonds. The number of pyridine rings is 2. The van der Waals surface area contributed by atoms with Crippen LogP contribution in [0.25, 0.3) is 0 Å². The van der Waals surface area contributed by atoms with Crippen LogP contribution in [-0.4, -0.2) is 52.2 Å². The van der Waals surface area contributed by atoms with Crippen molar-refractivity contribution in [3.8, 4) is 0 Å². The Morgan fingerprint density at radius 1 is 1.28 bits per heavy atom. The van der Waals surface area contributed by atoms with E-state index in [9.17, 15) is 14.7 Å². The first-order valence-corrected chi connectivity index (χ1v) is 11.4. The number of fused-ring (bicyclic) bond motifs is 1. The number of anilines is 1. The number of aromatic nitrogens is 2. The van der Waals surface area contributed by atoms with Crippen molar-refractivity contribution in [2.24, 2.45) is 5.92 Å². The maximum Gasteiger partial charge on any atom is 0.326 e. The fourth-order valence-electron chi connectivity index (χ4n) is 4.25. The molecule has 2 aromatic rings. The van der Waals surface area contributed by atoms with Gasteiger partial charge in [-0.15, -0.1) is 0 Å². The first-order chi connectivity index (χ1) is 15.6. The summed E-state index contributed by atoms with van der Waals surface area (Å²) in [6.07, 6.45) is 9.68. The number of ether oxygens (including phenoxy) is 1. The Labute approximate surface area is 187 Å². The molecule has 2 aliphatic rings. The molecule has 1 aliphatic heterocycles. The molecule has 170 valence electrons. The molecule has 32 heavy (non-hydrogen) atoms. The molecular weight excluding hydrogens is 408 g/mol. The standard InChI is InChI=1S/C24H30N4O4/c29-23(18-4-1-10-25-15-18)28-21(24(30)31)9-12-32-20-13-16(14-20)5-7-19-8-6-17-3-2-11-26-22(17)27-19/h1,4,6,8,10,15-16,20-21H,2-3,5,7,9,11-14H2,(H,26,27)(H,28,29)(H,30,31)/t16-,20-,21-/m0/s1. The zero-order valence-electron chi connectivity index (χ0n) is 18.1. The normalized spacial score (nSPS) is 20.4. The fourth-order valence-corrected chi connectivity index (χ4v) is 4.25. The van der Waals surface area contributed by atoms with Crippen molar-refractivity contribution >= 4 is 17.7 Å². The number of amides is 1. The largest absolute Gasteiger partial charge is 0.480 e. The van der Waals surface area contributed by atoms with Crippen molar-refractivity contribution in [3.05, 3.63) is 53.5 Å². The minimum atomic E-state index is -1.07. The van der Waals surface area contributed by atoms with Crippen molar-refractivity contribution in [2.75, 3.05) is 18.5 Å². The van der Waals surface area contributed by atoms with Gasteiger partial charge in [-0.25, -0.2) is 9.78 Å². The average molecular weight is 439 g/mol. The van der Waals surface area contributed by atoms with E-state index in [-0.39, 0.29) is 12.5 Å². The van der Waals surface area contributed by atoms with Crippen LogP contribution in [0.2, 0.25) is 0 Å². The summed E-state index contributed by atoms with van der Waals surface area (Å²) in [5.74, 6) is 0.156. The van der Waals surface area contributed by atoms with Crippen molar-refractivity contribution < 1.29 is 19.4 Å². The second kappa shape index (κ2) is 10.5. The molecule has 0 saturated heterocycles. The Morgan fingerprint density at radius 2 is 2.16 bits per heavy atom. The lowest BCUT2D eigenvalue weighted by Gasteiger charge is -2.35. The first-order valence-electron chi connectivity index (χ1n) is 11.4. The molecule has 0 spiro atoms. The molecule has 8 heteroatoms. The van der Waals surface area contributed by atoms with Gasteiger partial charge in [-0.05, 0) is 68.2 Å². The highest BCUT2D eigenvalue weighted by atomic mass is 16.5. The number of carbonyl (C=O) groups excluding carboxylic acids is 1. The average Bonchev–Trinajstić information content (AvgIpc) is 2.79. The molecule has 0 unspecified atom stereocenters. The molecule has 3 N–H and O–H groups in total. The number of nitrogens with one attached hydrogen (secondary N) is 2. The van der Waals surface area contributed by atoms with Gasteiger partial charge in [0.15, 0.2) is 0 Å². The smallest absolute Gasteiger partial charge is 0.326 e. The molecule has 0 bridgehead atoms. The monoisotopic (exact) mass is 438 g/mol. The van der Waals surface area contributed by atoms with Gasteiger partial charge in [-0.2, -0.15) is 0 Å². The number of rotatable bonds is 10. The van der Waals surface area contributed by atoms with Crippen LogP contribution in [0.1, 0.15) is 53.7 Å². The number of carboxylic acid groups (broad SMARTS) is 1. The van der Waals surface area contributed by atoms with Gasteiger partial charge in [-0.1, -0.05) is 6.07 Å². The van der Waals surface area contributed by atoms with Gasteiger partial charge in [-0.3, -0.25) is 9.78 Å². The van der Waals surface area contributed by atoms with Gasteiger partial charge in [0.1, 0.15) is 11.9 Å². The van der Waals surface area contributed by atoms with E-state index in [1.165, 1.54) is 18.2 Å². The van der Waals surface area contributed by atoms with Crippen molar-refractivity contribution in [1.29, 1.82) is 0 Å². The summed E-state index contributed by atoms with van der Waals surface area (Å²) in [7, 11) is 0. The number of nitrogens with zero attached hydrogens (tertiary/aromatic N) is 2. The van der Waals surface area contributed by atoms with Crippen LogP contribution in [0.5, 0.6) is 0 Å². The van der Waals surface area contributed by atoms with Crippen LogP contribution in [-0.2, 0) is 22.4 Å². The second-order valence-electron chi connectivity index (χ2n) is 8.60. The maximum atomic E-state index is 12.2. The zero-order chi connectivity index (χ0) is 22.3. The lowest BCUT2D eigenvalue weighted by molar-refractivity contribution is -0.140. The van der Waals surface area contributed by atoms with Crippen molar-refractivity contribution in [3.63, 3.8) is 0 Å². The molecule has 1 saturated carbocycles. The summed E-state index contributed by atoms with van der Waals surface area (Å²) in [6.45, 7) is 1.31. The minimum absolute atomic E-state index is 0.168. The molecule has 1 fully saturated rings. The van der Waals surface area contributed by atoms with Crippen LogP contribution in [0, 0.1) is 5.92 Å². The van der Waals surface area contributed by atoms with Crippen LogP contribution in [0.4, 0.5) is 5.82 Å². The molecule has 1 aliphatic carbocycles. The molecule has 3 heterocycles. The van der Waals surface area contributed by atoms with Crippen LogP contribution >= 0.6 is 0 Å². The van der Waals surface area contributed by atoms with E-state index in [0.717, 1.165) is 50.2 Å². The second-order valence-corrected chi connectivity index (χ2v) is 8.60. The molecule has 2 aromatic heterocycles. The zero-order valence-corrected chi connectivity index (χ0v) is 18.1. The fraction of sp³-hybridized carbons (Fsp3) is 0.500. The first kappa shape index (κ1) is 22.2. The lowest BCUT2D eigenvalue weighted by atomic mass is 9.79. The number of hydrogen-bond acceptors (Lipinski definition) is 6. The SMILES string of the molecule is O=C(N[C@@H](CCO[C@H]1C[C@H](CCc2ccc3c(n2)NCCC3)C1)C(=O)O)c1cccnc1. The minimum Gasteiger partial charge on any atom is -0.480 e. The highest BCUT2D eigenvalue weighted by molar-refractivity contribution is 5.96. The highest BCUT2D eigenvalue weighted by Crippen LogP contribution is 2.34. The van der Waals surface area contributed by atoms with Gasteiger partial charge in [0, 0.05) is 37.7 Å². The van der Waals surface area contributed by atoms with E-state index in [0.29, 0.717) is 18.1 Å². The molecule has 0 aromatic carbocycles. The summed E-state index contributed by atoms with van der Waals surface area (Å²) >= 11 is 0. The summed E-state index contributed by atoms with van der Waals surface area (Å²) in [5.41, 5.74) is 2.79. The van der Waals surface area contributed by atoms with E-state index in [2.05, 4.69) is 27.8 Å². The maximum absolute atomic E-state index is 12.2. The van der Waals surface area contributed by atoms with E-state index in [1.807, 2.05) is 0 Å². The molecular formula is C24H30N4O4. The Hall–Kier alpha value is -3.00. The van der Waals surface area contributed by atoms with Gasteiger partial charge in [0.05, 0.1) is 11.7 Å². The summed E-state index contributed by atoms with van der Waals surface area (Å²) in [4.78, 5) is 32.3. The highest BCUT2D eigenvalue weighted by Gasteiger charge is 2.30. The number of carboxylic acids is 1. The number of hydrogen-bond donors (Lipinski definition) is 3. The summed E-state index contributed by atoms with van der Waals surface area (Å²) in [5, 5.41) is 15.3. The Balaban J connectivity index is 1.14. The Morgan fingerprint density at radius 3 is 2.94 bits per heavy atom. The van der Waals surface area contributed by atoms with Crippen LogP contribution in [0.15, 0.2) is 36.7 Å². The van der Waals surface area contributed by atoms with Gasteiger partial charge in [0.2, 0.25) is 0 Å². The van der Waals surface area contributed by atoms with E-state index < -0.39 is 17.9 Å². The predicted octanol–water partition coefficient (Wildman–Crippen LogP) is 2.84. The van der Waals surface area contributed by atoms with Gasteiger partial charge < -0.3 is 20.5 Å². The summed E-state index contributed by atoms with van der Waals surface area (Å²) < 4.78 is 5.85. The van der Waals surface area contributed by atoms with E-state index in [1.54, 1.807) is 18.3 Å². The number of carbonyl (C=O) groups is 2. The Bertz CT molecular complexity index is 931. The third-order valence-corrected chi connectivity index (χ3v) is 6.24. The third kappa shape index (κ3) is 5.82. The van der Waals surface area contributed by atoms with Gasteiger partial charge in [0.25, 0.3) is 5.91 Å². The molecule has 0 radical (unpaired) electrons. The number of aliphatic carboxylic acids is 1. The quantitative estimate of drug-likeness (QED) is 0.523. The predicted molar refractivity (Wildman–Crippen MR) is 120 cm³/mol. The van der Waals surface area contributed by atoms with E-state index >= 15 is 0 Å². The van der Waals surface area contributed by atoms with Crippen molar-refractivity contribution in [1.82, 2.24) is 15.3 Å². The molecule has 8 nitrogen and oxygen atoms in total. The van der Waals surface area contributed by atoms with Gasteiger partial charge >= 0.3 is 5.97 Å². The van der Waals surface area contributed by atoms with E-state index in [4.69, 9.17) is 9.72 Å². The van der Waals surface area contributed by atoms with Crippen LogP contribution < -0.4 is 10.6 Å². The number of aryl methyl sites for hydroxylation is 2. The van der Waals surface area contributed by atoms with Crippen molar-refractivity contribution in [2.45, 2.75) is 57.1 Å². The van der Waals surface area contributed by atoms with Crippen LogP contribution in [0.3, 0.4) is 0 Å². The topological polar surface area (TPSA) is 113 Å². The molecule has 4 rings (SSSR count). The molecule has 1 atom stereocenters. The Kier molecular flexibility index (Phi) is 7.32.